The van der Waals surface area contributed by atoms with E-state index in [4.69, 9.17) is 0 Å². The van der Waals surface area contributed by atoms with Gasteiger partial charge in [0.05, 0.1) is 5.60 Å². The number of halogens is 1. The average molecular weight is 134 g/mol. The summed E-state index contributed by atoms with van der Waals surface area (Å²) in [7, 11) is 0. The Morgan fingerprint density at radius 2 is 1.56 bits per heavy atom. The highest BCUT2D eigenvalue weighted by atomic mass is 19.1. The summed E-state index contributed by atoms with van der Waals surface area (Å²) >= 11 is 0. The second-order valence-corrected chi connectivity index (χ2v) is 3.66. The first kappa shape index (κ1) is 8.89. The van der Waals surface area contributed by atoms with Gasteiger partial charge in [0, 0.05) is 0 Å². The van der Waals surface area contributed by atoms with Gasteiger partial charge in [-0.1, -0.05) is 20.8 Å². The molecule has 0 aromatic rings. The van der Waals surface area contributed by atoms with Gasteiger partial charge in [-0.2, -0.15) is 0 Å². The van der Waals surface area contributed by atoms with Crippen LogP contribution in [0.2, 0.25) is 0 Å². The van der Waals surface area contributed by atoms with Crippen molar-refractivity contribution in [3.8, 4) is 0 Å². The summed E-state index contributed by atoms with van der Waals surface area (Å²) in [6, 6.07) is 0. The minimum Gasteiger partial charge on any atom is -0.387 e. The van der Waals surface area contributed by atoms with Crippen LogP contribution in [0.3, 0.4) is 0 Å². The first-order chi connectivity index (χ1) is 3.81. The lowest BCUT2D eigenvalue weighted by atomic mass is 9.79. The van der Waals surface area contributed by atoms with Crippen LogP contribution >= 0.6 is 0 Å². The molecule has 56 valence electrons. The Hall–Kier alpha value is -0.110. The van der Waals surface area contributed by atoms with E-state index in [0.717, 1.165) is 0 Å². The van der Waals surface area contributed by atoms with E-state index in [1.807, 2.05) is 20.8 Å². The third-order valence-corrected chi connectivity index (χ3v) is 1.88. The standard InChI is InChI=1S/C7H15FO/c1-6(2,3)7(4,9)5-8/h9H,5H2,1-4H3/t7-/m0/s1. The fourth-order valence-electron chi connectivity index (χ4n) is 0.200. The van der Waals surface area contributed by atoms with E-state index in [9.17, 15) is 9.50 Å². The Labute approximate surface area is 55.9 Å². The zero-order chi connectivity index (χ0) is 7.71. The predicted octanol–water partition coefficient (Wildman–Crippen LogP) is 1.75. The van der Waals surface area contributed by atoms with Crippen LogP contribution in [0.15, 0.2) is 0 Å². The molecule has 0 saturated carbocycles. The fraction of sp³-hybridized carbons (Fsp3) is 1.00. The molecular formula is C7H15FO. The molecule has 2 heteroatoms. The Kier molecular flexibility index (Phi) is 2.23. The van der Waals surface area contributed by atoms with Gasteiger partial charge < -0.3 is 5.11 Å². The lowest BCUT2D eigenvalue weighted by Crippen LogP contribution is -2.41. The summed E-state index contributed by atoms with van der Waals surface area (Å²) in [6.07, 6.45) is 0. The van der Waals surface area contributed by atoms with Crippen LogP contribution in [0.25, 0.3) is 0 Å². The molecule has 0 fully saturated rings. The summed E-state index contributed by atoms with van der Waals surface area (Å²) in [5, 5.41) is 9.28. The molecule has 0 aromatic heterocycles. The molecule has 0 spiro atoms. The smallest absolute Gasteiger partial charge is 0.118 e. The van der Waals surface area contributed by atoms with E-state index < -0.39 is 12.3 Å². The Bertz CT molecular complexity index is 91.6. The molecule has 0 bridgehead atoms. The van der Waals surface area contributed by atoms with Crippen LogP contribution in [0.4, 0.5) is 4.39 Å². The van der Waals surface area contributed by atoms with Crippen molar-refractivity contribution >= 4 is 0 Å². The molecule has 0 aliphatic rings. The highest BCUT2D eigenvalue weighted by molar-refractivity contribution is 4.85. The maximum atomic E-state index is 12.0. The molecule has 0 aliphatic carbocycles. The molecule has 0 amide bonds. The molecule has 0 heterocycles. The van der Waals surface area contributed by atoms with Gasteiger partial charge in [-0.05, 0) is 12.3 Å². The largest absolute Gasteiger partial charge is 0.387 e. The molecule has 0 rings (SSSR count). The van der Waals surface area contributed by atoms with E-state index in [1.165, 1.54) is 6.92 Å². The topological polar surface area (TPSA) is 20.2 Å². The van der Waals surface area contributed by atoms with Gasteiger partial charge >= 0.3 is 0 Å². The first-order valence-corrected chi connectivity index (χ1v) is 3.09. The monoisotopic (exact) mass is 134 g/mol. The van der Waals surface area contributed by atoms with E-state index in [-0.39, 0.29) is 5.41 Å². The summed E-state index contributed by atoms with van der Waals surface area (Å²) in [5.41, 5.74) is -1.56. The summed E-state index contributed by atoms with van der Waals surface area (Å²) in [5.74, 6) is 0. The molecule has 0 unspecified atom stereocenters. The number of hydrogen-bond donors (Lipinski definition) is 1. The maximum absolute atomic E-state index is 12.0. The van der Waals surface area contributed by atoms with Crippen LogP contribution in [-0.4, -0.2) is 17.4 Å². The molecular weight excluding hydrogens is 119 g/mol. The van der Waals surface area contributed by atoms with E-state index >= 15 is 0 Å². The molecule has 1 atom stereocenters. The Morgan fingerprint density at radius 1 is 1.22 bits per heavy atom. The third kappa shape index (κ3) is 1.94. The van der Waals surface area contributed by atoms with Crippen molar-refractivity contribution in [3.05, 3.63) is 0 Å². The maximum Gasteiger partial charge on any atom is 0.118 e. The van der Waals surface area contributed by atoms with E-state index in [1.54, 1.807) is 0 Å². The number of rotatable bonds is 1. The average Bonchev–Trinajstić information content (AvgIpc) is 1.64. The van der Waals surface area contributed by atoms with Gasteiger partial charge in [0.25, 0.3) is 0 Å². The van der Waals surface area contributed by atoms with Crippen molar-refractivity contribution in [1.82, 2.24) is 0 Å². The van der Waals surface area contributed by atoms with E-state index in [2.05, 4.69) is 0 Å². The summed E-state index contributed by atoms with van der Waals surface area (Å²) in [6.45, 7) is 6.26. The normalized spacial score (nSPS) is 19.3. The van der Waals surface area contributed by atoms with Crippen LogP contribution in [0, 0.1) is 5.41 Å². The van der Waals surface area contributed by atoms with Crippen molar-refractivity contribution in [3.63, 3.8) is 0 Å². The number of aliphatic hydroxyl groups is 1. The molecule has 0 saturated heterocycles. The summed E-state index contributed by atoms with van der Waals surface area (Å²) < 4.78 is 12.0. The summed E-state index contributed by atoms with van der Waals surface area (Å²) in [4.78, 5) is 0. The van der Waals surface area contributed by atoms with Crippen LogP contribution in [0.5, 0.6) is 0 Å². The van der Waals surface area contributed by atoms with Gasteiger partial charge in [0.15, 0.2) is 0 Å². The van der Waals surface area contributed by atoms with Crippen molar-refractivity contribution in [1.29, 1.82) is 0 Å². The van der Waals surface area contributed by atoms with Crippen molar-refractivity contribution in [2.75, 3.05) is 6.67 Å². The van der Waals surface area contributed by atoms with Gasteiger partial charge in [-0.25, -0.2) is 4.39 Å². The van der Waals surface area contributed by atoms with Crippen LogP contribution in [0.1, 0.15) is 27.7 Å². The zero-order valence-corrected chi connectivity index (χ0v) is 6.53. The van der Waals surface area contributed by atoms with Gasteiger partial charge in [0.1, 0.15) is 6.67 Å². The predicted molar refractivity (Wildman–Crippen MR) is 36.1 cm³/mol. The SMILES string of the molecule is CC(C)(C)[C@@](C)(O)CF. The molecule has 0 radical (unpaired) electrons. The fourth-order valence-corrected chi connectivity index (χ4v) is 0.200. The highest BCUT2D eigenvalue weighted by Crippen LogP contribution is 2.29. The van der Waals surface area contributed by atoms with Crippen molar-refractivity contribution < 1.29 is 9.50 Å². The quantitative estimate of drug-likeness (QED) is 0.579. The number of alkyl halides is 1. The Morgan fingerprint density at radius 3 is 1.56 bits per heavy atom. The van der Waals surface area contributed by atoms with E-state index in [0.29, 0.717) is 0 Å². The van der Waals surface area contributed by atoms with Gasteiger partial charge in [0.2, 0.25) is 0 Å². The highest BCUT2D eigenvalue weighted by Gasteiger charge is 2.34. The molecule has 9 heavy (non-hydrogen) atoms. The molecule has 0 aromatic carbocycles. The van der Waals surface area contributed by atoms with Crippen molar-refractivity contribution in [2.24, 2.45) is 5.41 Å². The van der Waals surface area contributed by atoms with Crippen LogP contribution < -0.4 is 0 Å². The molecule has 1 N–H and O–H groups in total. The Balaban J connectivity index is 4.14. The van der Waals surface area contributed by atoms with Crippen molar-refractivity contribution in [2.45, 2.75) is 33.3 Å². The number of hydrogen-bond acceptors (Lipinski definition) is 1. The van der Waals surface area contributed by atoms with Gasteiger partial charge in [-0.15, -0.1) is 0 Å². The second kappa shape index (κ2) is 2.25. The minimum atomic E-state index is -1.19. The first-order valence-electron chi connectivity index (χ1n) is 3.09. The zero-order valence-electron chi connectivity index (χ0n) is 6.53. The molecule has 0 aliphatic heterocycles. The lowest BCUT2D eigenvalue weighted by molar-refractivity contribution is -0.0584. The lowest BCUT2D eigenvalue weighted by Gasteiger charge is -2.34. The minimum absolute atomic E-state index is 0.373. The molecule has 1 nitrogen and oxygen atoms in total. The van der Waals surface area contributed by atoms with Crippen LogP contribution in [-0.2, 0) is 0 Å². The third-order valence-electron chi connectivity index (χ3n) is 1.88. The second-order valence-electron chi connectivity index (χ2n) is 3.66. The van der Waals surface area contributed by atoms with Gasteiger partial charge in [-0.3, -0.25) is 0 Å².